The summed E-state index contributed by atoms with van der Waals surface area (Å²) in [6.45, 7) is 4.44. The number of hydrogen-bond acceptors (Lipinski definition) is 9. The maximum absolute atomic E-state index is 13.8. The summed E-state index contributed by atoms with van der Waals surface area (Å²) in [7, 11) is 3.13. The molecule has 10 heteroatoms. The Morgan fingerprint density at radius 1 is 1.03 bits per heavy atom. The predicted octanol–water partition coefficient (Wildman–Crippen LogP) is 4.55. The number of nitro benzene ring substituents is 1. The molecule has 1 aliphatic carbocycles. The van der Waals surface area contributed by atoms with E-state index in [1.165, 1.54) is 12.1 Å². The molecule has 10 nitrogen and oxygen atoms in total. The van der Waals surface area contributed by atoms with E-state index in [9.17, 15) is 19.7 Å². The van der Waals surface area contributed by atoms with Crippen LogP contribution < -0.4 is 14.8 Å². The third kappa shape index (κ3) is 5.80. The van der Waals surface area contributed by atoms with E-state index >= 15 is 0 Å². The van der Waals surface area contributed by atoms with Crippen molar-refractivity contribution >= 4 is 17.4 Å². The van der Waals surface area contributed by atoms with Gasteiger partial charge < -0.3 is 24.3 Å². The van der Waals surface area contributed by atoms with E-state index in [-0.39, 0.29) is 37.0 Å². The number of ketones is 1. The van der Waals surface area contributed by atoms with Crippen LogP contribution in [0.4, 0.5) is 5.69 Å². The number of nitrogens with one attached hydrogen (secondary N) is 1. The molecule has 0 spiro atoms. The minimum Gasteiger partial charge on any atom is -0.493 e. The minimum atomic E-state index is -0.722. The third-order valence-electron chi connectivity index (χ3n) is 7.03. The fourth-order valence-electron chi connectivity index (χ4n) is 5.19. The average Bonchev–Trinajstić information content (AvgIpc) is 2.94. The van der Waals surface area contributed by atoms with Gasteiger partial charge in [-0.15, -0.1) is 0 Å². The summed E-state index contributed by atoms with van der Waals surface area (Å²) in [6, 6.07) is 11.6. The Labute approximate surface area is 226 Å². The van der Waals surface area contributed by atoms with Crippen molar-refractivity contribution in [2.75, 3.05) is 34.0 Å². The lowest BCUT2D eigenvalue weighted by Crippen LogP contribution is -2.36. The van der Waals surface area contributed by atoms with Gasteiger partial charge in [0.1, 0.15) is 6.61 Å². The number of carbonyl (C=O) groups excluding carboxylic acids is 2. The van der Waals surface area contributed by atoms with Crippen LogP contribution in [-0.2, 0) is 19.1 Å². The van der Waals surface area contributed by atoms with Crippen molar-refractivity contribution < 1.29 is 33.5 Å². The molecule has 0 bridgehead atoms. The average molecular weight is 537 g/mol. The number of Topliss-reactive ketones (excluding diaryl/α,β-unsaturated/α-hetero) is 1. The lowest BCUT2D eigenvalue weighted by Gasteiger charge is -2.36. The van der Waals surface area contributed by atoms with Gasteiger partial charge in [0.15, 0.2) is 17.3 Å². The van der Waals surface area contributed by atoms with Crippen molar-refractivity contribution in [3.05, 3.63) is 86.2 Å². The van der Waals surface area contributed by atoms with Gasteiger partial charge in [0.25, 0.3) is 5.69 Å². The first-order chi connectivity index (χ1) is 18.8. The first-order valence-corrected chi connectivity index (χ1v) is 12.7. The largest absolute Gasteiger partial charge is 0.493 e. The van der Waals surface area contributed by atoms with E-state index in [1.807, 2.05) is 25.1 Å². The molecule has 1 aliphatic heterocycles. The first kappa shape index (κ1) is 27.8. The Morgan fingerprint density at radius 3 is 2.36 bits per heavy atom. The molecule has 1 N–H and O–H groups in total. The molecule has 0 radical (unpaired) electrons. The van der Waals surface area contributed by atoms with Gasteiger partial charge in [-0.05, 0) is 49.4 Å². The summed E-state index contributed by atoms with van der Waals surface area (Å²) in [5.41, 5.74) is 3.52. The Bertz CT molecular complexity index is 1330. The molecule has 0 amide bonds. The van der Waals surface area contributed by atoms with Crippen molar-refractivity contribution in [2.24, 2.45) is 0 Å². The molecule has 39 heavy (non-hydrogen) atoms. The van der Waals surface area contributed by atoms with Crippen LogP contribution in [-0.4, -0.2) is 50.7 Å². The smallest absolute Gasteiger partial charge is 0.336 e. The quantitative estimate of drug-likeness (QED) is 0.201. The topological polar surface area (TPSA) is 126 Å². The second-order valence-electron chi connectivity index (χ2n) is 9.31. The van der Waals surface area contributed by atoms with E-state index in [1.54, 1.807) is 33.3 Å². The lowest BCUT2D eigenvalue weighted by molar-refractivity contribution is -0.384. The molecule has 2 atom stereocenters. The van der Waals surface area contributed by atoms with E-state index in [0.29, 0.717) is 46.9 Å². The van der Waals surface area contributed by atoms with Crippen LogP contribution in [0.15, 0.2) is 65.0 Å². The Morgan fingerprint density at radius 2 is 1.72 bits per heavy atom. The van der Waals surface area contributed by atoms with E-state index in [0.717, 1.165) is 11.3 Å². The summed E-state index contributed by atoms with van der Waals surface area (Å²) in [5, 5.41) is 14.5. The number of benzene rings is 2. The lowest BCUT2D eigenvalue weighted by atomic mass is 9.71. The molecule has 0 fully saturated rings. The SMILES string of the molecule is CCOCCOC(=O)C1=C(C)NC2=C(C(=O)C[C@H](c3ccc(OC)c(OC)c3)C2)[C@H]1c1ccc([N+](=O)[O-])cc1. The second-order valence-corrected chi connectivity index (χ2v) is 9.31. The zero-order valence-electron chi connectivity index (χ0n) is 22.4. The molecular formula is C29H32N2O8. The first-order valence-electron chi connectivity index (χ1n) is 12.7. The maximum Gasteiger partial charge on any atom is 0.336 e. The van der Waals surface area contributed by atoms with Crippen LogP contribution in [0.25, 0.3) is 0 Å². The summed E-state index contributed by atoms with van der Waals surface area (Å²) in [5.74, 6) is -0.336. The van der Waals surface area contributed by atoms with Gasteiger partial charge >= 0.3 is 5.97 Å². The Hall–Kier alpha value is -4.18. The number of non-ortho nitro benzene ring substituents is 1. The van der Waals surface area contributed by atoms with Gasteiger partial charge in [-0.3, -0.25) is 14.9 Å². The number of hydrogen-bond donors (Lipinski definition) is 1. The monoisotopic (exact) mass is 536 g/mol. The number of dihydropyridines is 1. The van der Waals surface area contributed by atoms with E-state index in [2.05, 4.69) is 5.32 Å². The van der Waals surface area contributed by atoms with E-state index in [4.69, 9.17) is 18.9 Å². The normalized spacial score (nSPS) is 18.8. The molecule has 206 valence electrons. The number of esters is 1. The molecule has 0 aromatic heterocycles. The Kier molecular flexibility index (Phi) is 8.65. The highest BCUT2D eigenvalue weighted by Gasteiger charge is 2.41. The van der Waals surface area contributed by atoms with Crippen molar-refractivity contribution in [3.63, 3.8) is 0 Å². The van der Waals surface area contributed by atoms with Crippen LogP contribution >= 0.6 is 0 Å². The van der Waals surface area contributed by atoms with Crippen molar-refractivity contribution in [1.29, 1.82) is 0 Å². The van der Waals surface area contributed by atoms with Gasteiger partial charge in [-0.2, -0.15) is 0 Å². The number of carbonyl (C=O) groups is 2. The van der Waals surface area contributed by atoms with Crippen LogP contribution in [0.3, 0.4) is 0 Å². The number of nitrogens with zero attached hydrogens (tertiary/aromatic N) is 1. The highest BCUT2D eigenvalue weighted by atomic mass is 16.6. The van der Waals surface area contributed by atoms with Crippen LogP contribution in [0, 0.1) is 10.1 Å². The van der Waals surface area contributed by atoms with Gasteiger partial charge in [-0.1, -0.05) is 18.2 Å². The van der Waals surface area contributed by atoms with Gasteiger partial charge in [0.2, 0.25) is 0 Å². The molecule has 2 aromatic rings. The number of nitro groups is 1. The Balaban J connectivity index is 1.72. The molecule has 0 saturated carbocycles. The van der Waals surface area contributed by atoms with Crippen molar-refractivity contribution in [1.82, 2.24) is 5.32 Å². The molecular weight excluding hydrogens is 504 g/mol. The molecule has 4 rings (SSSR count). The third-order valence-corrected chi connectivity index (χ3v) is 7.03. The highest BCUT2D eigenvalue weighted by molar-refractivity contribution is 6.04. The highest BCUT2D eigenvalue weighted by Crippen LogP contribution is 2.46. The molecule has 2 aliphatic rings. The number of rotatable bonds is 10. The molecule has 1 heterocycles. The van der Waals surface area contributed by atoms with Crippen molar-refractivity contribution in [3.8, 4) is 11.5 Å². The number of allylic oxidation sites excluding steroid dienone is 3. The molecule has 2 aromatic carbocycles. The van der Waals surface area contributed by atoms with Gasteiger partial charge in [0, 0.05) is 48.0 Å². The summed E-state index contributed by atoms with van der Waals surface area (Å²) in [6.07, 6.45) is 0.759. The van der Waals surface area contributed by atoms with Crippen LogP contribution in [0.2, 0.25) is 0 Å². The summed E-state index contributed by atoms with van der Waals surface area (Å²) in [4.78, 5) is 37.8. The minimum absolute atomic E-state index is 0.0671. The fourth-order valence-corrected chi connectivity index (χ4v) is 5.19. The summed E-state index contributed by atoms with van der Waals surface area (Å²) >= 11 is 0. The van der Waals surface area contributed by atoms with Crippen molar-refractivity contribution in [2.45, 2.75) is 38.5 Å². The van der Waals surface area contributed by atoms with E-state index < -0.39 is 16.8 Å². The standard InChI is InChI=1S/C29H32N2O8/c1-5-38-12-13-39-29(33)26-17(2)30-22-14-20(19-8-11-24(36-3)25(16-19)37-4)15-23(32)28(22)27(26)18-6-9-21(10-7-18)31(34)35/h6-11,16,20,27,30H,5,12-15H2,1-4H3/t20-,27+/m1/s1. The van der Waals surface area contributed by atoms with Gasteiger partial charge in [0.05, 0.1) is 31.3 Å². The van der Waals surface area contributed by atoms with Crippen LogP contribution in [0.1, 0.15) is 49.7 Å². The molecule has 0 saturated heterocycles. The second kappa shape index (κ2) is 12.1. The van der Waals surface area contributed by atoms with Crippen LogP contribution in [0.5, 0.6) is 11.5 Å². The fraction of sp³-hybridized carbons (Fsp3) is 0.379. The maximum atomic E-state index is 13.8. The predicted molar refractivity (Wildman–Crippen MR) is 143 cm³/mol. The van der Waals surface area contributed by atoms with Gasteiger partial charge in [-0.25, -0.2) is 4.79 Å². The summed E-state index contributed by atoms with van der Waals surface area (Å²) < 4.78 is 21.6. The number of methoxy groups -OCH3 is 2. The molecule has 0 unspecified atom stereocenters. The zero-order valence-corrected chi connectivity index (χ0v) is 22.4. The zero-order chi connectivity index (χ0) is 28.1. The number of ether oxygens (including phenoxy) is 4.